The SMILES string of the molecule is C=CC1C=CC=CC1O. The Labute approximate surface area is 55.0 Å². The number of hydrogen-bond donors (Lipinski definition) is 1. The standard InChI is InChI=1S/C8H10O/c1-2-7-5-3-4-6-8(7)9/h2-9H,1H2. The molecule has 2 unspecified atom stereocenters. The van der Waals surface area contributed by atoms with E-state index in [1.807, 2.05) is 18.2 Å². The molecule has 0 saturated carbocycles. The Morgan fingerprint density at radius 3 is 2.44 bits per heavy atom. The minimum absolute atomic E-state index is 0.106. The van der Waals surface area contributed by atoms with E-state index in [2.05, 4.69) is 6.58 Å². The van der Waals surface area contributed by atoms with Gasteiger partial charge < -0.3 is 5.11 Å². The minimum atomic E-state index is -0.368. The second-order valence-corrected chi connectivity index (χ2v) is 2.07. The third kappa shape index (κ3) is 1.30. The van der Waals surface area contributed by atoms with E-state index in [1.54, 1.807) is 12.2 Å². The molecule has 0 saturated heterocycles. The zero-order valence-electron chi connectivity index (χ0n) is 5.20. The van der Waals surface area contributed by atoms with Gasteiger partial charge in [0.2, 0.25) is 0 Å². The number of rotatable bonds is 1. The summed E-state index contributed by atoms with van der Waals surface area (Å²) >= 11 is 0. The summed E-state index contributed by atoms with van der Waals surface area (Å²) in [7, 11) is 0. The van der Waals surface area contributed by atoms with Gasteiger partial charge in [-0.15, -0.1) is 6.58 Å². The highest BCUT2D eigenvalue weighted by atomic mass is 16.3. The predicted octanol–water partition coefficient (Wildman–Crippen LogP) is 1.28. The van der Waals surface area contributed by atoms with Crippen molar-refractivity contribution in [3.63, 3.8) is 0 Å². The molecule has 0 aromatic rings. The van der Waals surface area contributed by atoms with Crippen molar-refractivity contribution in [2.24, 2.45) is 5.92 Å². The molecule has 0 aromatic heterocycles. The molecule has 1 aliphatic rings. The molecule has 0 aromatic carbocycles. The Morgan fingerprint density at radius 2 is 2.00 bits per heavy atom. The van der Waals surface area contributed by atoms with Gasteiger partial charge in [-0.3, -0.25) is 0 Å². The van der Waals surface area contributed by atoms with Crippen molar-refractivity contribution in [1.29, 1.82) is 0 Å². The van der Waals surface area contributed by atoms with E-state index in [-0.39, 0.29) is 12.0 Å². The lowest BCUT2D eigenvalue weighted by atomic mass is 9.98. The van der Waals surface area contributed by atoms with Crippen LogP contribution in [0.5, 0.6) is 0 Å². The number of hydrogen-bond acceptors (Lipinski definition) is 1. The Morgan fingerprint density at radius 1 is 1.33 bits per heavy atom. The van der Waals surface area contributed by atoms with Crippen LogP contribution in [0.15, 0.2) is 37.0 Å². The number of allylic oxidation sites excluding steroid dienone is 2. The summed E-state index contributed by atoms with van der Waals surface area (Å²) in [6.07, 6.45) is 8.81. The van der Waals surface area contributed by atoms with Crippen molar-refractivity contribution in [1.82, 2.24) is 0 Å². The first-order valence-electron chi connectivity index (χ1n) is 3.00. The summed E-state index contributed by atoms with van der Waals surface area (Å²) in [6, 6.07) is 0. The monoisotopic (exact) mass is 122 g/mol. The fraction of sp³-hybridized carbons (Fsp3) is 0.250. The van der Waals surface area contributed by atoms with Gasteiger partial charge in [-0.05, 0) is 0 Å². The summed E-state index contributed by atoms with van der Waals surface area (Å²) < 4.78 is 0. The van der Waals surface area contributed by atoms with Crippen LogP contribution in [-0.2, 0) is 0 Å². The largest absolute Gasteiger partial charge is 0.388 e. The Bertz CT molecular complexity index is 156. The summed E-state index contributed by atoms with van der Waals surface area (Å²) in [5, 5.41) is 9.16. The van der Waals surface area contributed by atoms with E-state index >= 15 is 0 Å². The maximum absolute atomic E-state index is 9.16. The highest BCUT2D eigenvalue weighted by Gasteiger charge is 2.10. The molecule has 0 spiro atoms. The second-order valence-electron chi connectivity index (χ2n) is 2.07. The molecule has 0 heterocycles. The maximum atomic E-state index is 9.16. The molecule has 0 radical (unpaired) electrons. The van der Waals surface area contributed by atoms with Gasteiger partial charge in [0.15, 0.2) is 0 Å². The lowest BCUT2D eigenvalue weighted by Gasteiger charge is -2.13. The zero-order chi connectivity index (χ0) is 6.69. The normalized spacial score (nSPS) is 32.6. The van der Waals surface area contributed by atoms with Crippen LogP contribution in [-0.4, -0.2) is 11.2 Å². The van der Waals surface area contributed by atoms with Crippen LogP contribution in [0, 0.1) is 5.92 Å². The molecule has 0 bridgehead atoms. The van der Waals surface area contributed by atoms with Crippen LogP contribution in [0.2, 0.25) is 0 Å². The van der Waals surface area contributed by atoms with E-state index < -0.39 is 0 Å². The first kappa shape index (κ1) is 6.30. The average molecular weight is 122 g/mol. The van der Waals surface area contributed by atoms with E-state index in [4.69, 9.17) is 5.11 Å². The fourth-order valence-corrected chi connectivity index (χ4v) is 0.831. The van der Waals surface area contributed by atoms with Gasteiger partial charge in [-0.25, -0.2) is 0 Å². The predicted molar refractivity (Wildman–Crippen MR) is 38.0 cm³/mol. The Balaban J connectivity index is 2.65. The van der Waals surface area contributed by atoms with Crippen LogP contribution in [0.3, 0.4) is 0 Å². The van der Waals surface area contributed by atoms with Crippen LogP contribution in [0.1, 0.15) is 0 Å². The molecule has 0 amide bonds. The molecule has 1 aliphatic carbocycles. The van der Waals surface area contributed by atoms with Gasteiger partial charge in [0.25, 0.3) is 0 Å². The lowest BCUT2D eigenvalue weighted by Crippen LogP contribution is -2.14. The summed E-state index contributed by atoms with van der Waals surface area (Å²) in [5.41, 5.74) is 0. The van der Waals surface area contributed by atoms with Gasteiger partial charge in [-0.2, -0.15) is 0 Å². The van der Waals surface area contributed by atoms with Crippen LogP contribution < -0.4 is 0 Å². The van der Waals surface area contributed by atoms with Crippen molar-refractivity contribution in [3.05, 3.63) is 37.0 Å². The van der Waals surface area contributed by atoms with Crippen molar-refractivity contribution in [3.8, 4) is 0 Å². The molecule has 48 valence electrons. The average Bonchev–Trinajstić information content (AvgIpc) is 1.89. The third-order valence-corrected chi connectivity index (χ3v) is 1.42. The first-order chi connectivity index (χ1) is 4.34. The van der Waals surface area contributed by atoms with Crippen molar-refractivity contribution in [2.75, 3.05) is 0 Å². The fourth-order valence-electron chi connectivity index (χ4n) is 0.831. The van der Waals surface area contributed by atoms with Gasteiger partial charge in [0.05, 0.1) is 6.10 Å². The van der Waals surface area contributed by atoms with Crippen molar-refractivity contribution < 1.29 is 5.11 Å². The molecule has 0 fully saturated rings. The van der Waals surface area contributed by atoms with Crippen molar-refractivity contribution in [2.45, 2.75) is 6.10 Å². The van der Waals surface area contributed by atoms with Crippen LogP contribution in [0.25, 0.3) is 0 Å². The molecule has 0 aliphatic heterocycles. The van der Waals surface area contributed by atoms with Crippen molar-refractivity contribution >= 4 is 0 Å². The Kier molecular flexibility index (Phi) is 1.85. The van der Waals surface area contributed by atoms with E-state index in [0.29, 0.717) is 0 Å². The molecule has 2 atom stereocenters. The minimum Gasteiger partial charge on any atom is -0.388 e. The van der Waals surface area contributed by atoms with E-state index in [9.17, 15) is 0 Å². The summed E-state index contributed by atoms with van der Waals surface area (Å²) in [5.74, 6) is 0.106. The molecule has 1 rings (SSSR count). The first-order valence-corrected chi connectivity index (χ1v) is 3.00. The lowest BCUT2D eigenvalue weighted by molar-refractivity contribution is 0.195. The molecule has 1 nitrogen and oxygen atoms in total. The third-order valence-electron chi connectivity index (χ3n) is 1.42. The van der Waals surface area contributed by atoms with Gasteiger partial charge >= 0.3 is 0 Å². The molecular formula is C8H10O. The zero-order valence-corrected chi connectivity index (χ0v) is 5.20. The number of aliphatic hydroxyl groups is 1. The van der Waals surface area contributed by atoms with Crippen LogP contribution in [0.4, 0.5) is 0 Å². The highest BCUT2D eigenvalue weighted by Crippen LogP contribution is 2.12. The highest BCUT2D eigenvalue weighted by molar-refractivity contribution is 5.18. The maximum Gasteiger partial charge on any atom is 0.0821 e. The summed E-state index contributed by atoms with van der Waals surface area (Å²) in [4.78, 5) is 0. The molecular weight excluding hydrogens is 112 g/mol. The van der Waals surface area contributed by atoms with E-state index in [1.165, 1.54) is 0 Å². The van der Waals surface area contributed by atoms with Gasteiger partial charge in [0.1, 0.15) is 0 Å². The number of aliphatic hydroxyl groups excluding tert-OH is 1. The molecule has 1 heteroatoms. The quantitative estimate of drug-likeness (QED) is 0.519. The smallest absolute Gasteiger partial charge is 0.0821 e. The van der Waals surface area contributed by atoms with E-state index in [0.717, 1.165) is 0 Å². The summed E-state index contributed by atoms with van der Waals surface area (Å²) in [6.45, 7) is 3.59. The topological polar surface area (TPSA) is 20.2 Å². The van der Waals surface area contributed by atoms with Gasteiger partial charge in [-0.1, -0.05) is 30.4 Å². The Hall–Kier alpha value is -0.820. The van der Waals surface area contributed by atoms with Crippen LogP contribution >= 0.6 is 0 Å². The molecule has 9 heavy (non-hydrogen) atoms. The van der Waals surface area contributed by atoms with Gasteiger partial charge in [0, 0.05) is 5.92 Å². The second kappa shape index (κ2) is 2.65. The molecule has 1 N–H and O–H groups in total.